The fraction of sp³-hybridized carbons (Fsp3) is 0.130. The summed E-state index contributed by atoms with van der Waals surface area (Å²) in [6.45, 7) is 4.45. The van der Waals surface area contributed by atoms with Crippen molar-refractivity contribution in [3.63, 3.8) is 0 Å². The summed E-state index contributed by atoms with van der Waals surface area (Å²) in [4.78, 5) is 12.5. The molecule has 0 fully saturated rings. The van der Waals surface area contributed by atoms with Gasteiger partial charge in [0, 0.05) is 11.4 Å². The van der Waals surface area contributed by atoms with Gasteiger partial charge in [-0.3, -0.25) is 9.48 Å². The van der Waals surface area contributed by atoms with Crippen molar-refractivity contribution in [2.45, 2.75) is 20.4 Å². The van der Waals surface area contributed by atoms with Crippen LogP contribution in [-0.2, 0) is 6.54 Å². The summed E-state index contributed by atoms with van der Waals surface area (Å²) in [5, 5.41) is 7.29. The first-order valence-electron chi connectivity index (χ1n) is 9.15. The van der Waals surface area contributed by atoms with E-state index >= 15 is 0 Å². The topological polar surface area (TPSA) is 60.1 Å². The van der Waals surface area contributed by atoms with Gasteiger partial charge in [-0.15, -0.1) is 0 Å². The molecule has 0 saturated carbocycles. The molecule has 0 spiro atoms. The number of aromatic nitrogens is 2. The molecule has 4 aromatic rings. The number of carbonyl (C=O) groups is 1. The normalized spacial score (nSPS) is 10.8. The maximum absolute atomic E-state index is 12.5. The van der Waals surface area contributed by atoms with Crippen molar-refractivity contribution in [1.29, 1.82) is 0 Å². The first-order chi connectivity index (χ1) is 13.6. The molecule has 0 unspecified atom stereocenters. The Balaban J connectivity index is 1.43. The van der Waals surface area contributed by atoms with E-state index < -0.39 is 0 Å². The van der Waals surface area contributed by atoms with Crippen molar-refractivity contribution in [2.75, 3.05) is 5.32 Å². The van der Waals surface area contributed by atoms with Gasteiger partial charge in [0.1, 0.15) is 5.76 Å². The highest BCUT2D eigenvalue weighted by atomic mass is 16.4. The van der Waals surface area contributed by atoms with Gasteiger partial charge in [-0.2, -0.15) is 5.10 Å². The number of hydrogen-bond acceptors (Lipinski definition) is 3. The Kier molecular flexibility index (Phi) is 4.81. The maximum atomic E-state index is 12.5. The van der Waals surface area contributed by atoms with Crippen molar-refractivity contribution in [2.24, 2.45) is 0 Å². The second kappa shape index (κ2) is 7.56. The Bertz CT molecular complexity index is 1090. The fourth-order valence-electron chi connectivity index (χ4n) is 3.14. The van der Waals surface area contributed by atoms with E-state index in [9.17, 15) is 4.79 Å². The van der Waals surface area contributed by atoms with Gasteiger partial charge >= 0.3 is 0 Å². The lowest BCUT2D eigenvalue weighted by Crippen LogP contribution is -2.10. The quantitative estimate of drug-likeness (QED) is 0.533. The molecule has 0 bridgehead atoms. The molecule has 1 N–H and O–H groups in total. The zero-order chi connectivity index (χ0) is 19.5. The van der Waals surface area contributed by atoms with Gasteiger partial charge in [0.25, 0.3) is 5.91 Å². The molecule has 0 aliphatic rings. The van der Waals surface area contributed by atoms with Gasteiger partial charge in [-0.05, 0) is 55.3 Å². The molecule has 2 aromatic heterocycles. The van der Waals surface area contributed by atoms with E-state index in [4.69, 9.17) is 4.42 Å². The van der Waals surface area contributed by atoms with Crippen LogP contribution in [0.2, 0.25) is 0 Å². The Labute approximate surface area is 163 Å². The molecule has 1 amide bonds. The summed E-state index contributed by atoms with van der Waals surface area (Å²) in [7, 11) is 0. The van der Waals surface area contributed by atoms with Crippen LogP contribution in [0.4, 0.5) is 5.69 Å². The number of hydrogen-bond donors (Lipinski definition) is 1. The third-order valence-corrected chi connectivity index (χ3v) is 4.54. The van der Waals surface area contributed by atoms with Crippen LogP contribution in [0.5, 0.6) is 0 Å². The first kappa shape index (κ1) is 17.8. The molecule has 0 aliphatic carbocycles. The molecule has 0 atom stereocenters. The lowest BCUT2D eigenvalue weighted by atomic mass is 10.1. The van der Waals surface area contributed by atoms with E-state index in [-0.39, 0.29) is 11.7 Å². The Morgan fingerprint density at radius 2 is 1.68 bits per heavy atom. The molecule has 2 aromatic carbocycles. The van der Waals surface area contributed by atoms with Crippen LogP contribution in [-0.4, -0.2) is 15.7 Å². The molecular weight excluding hydrogens is 350 g/mol. The minimum Gasteiger partial charge on any atom is -0.454 e. The molecule has 0 aliphatic heterocycles. The zero-order valence-corrected chi connectivity index (χ0v) is 15.8. The second-order valence-electron chi connectivity index (χ2n) is 6.75. The highest BCUT2D eigenvalue weighted by Crippen LogP contribution is 2.21. The lowest BCUT2D eigenvalue weighted by molar-refractivity contribution is 0.0994. The Morgan fingerprint density at radius 1 is 0.964 bits per heavy atom. The molecule has 5 heteroatoms. The van der Waals surface area contributed by atoms with Gasteiger partial charge < -0.3 is 9.73 Å². The van der Waals surface area contributed by atoms with Crippen LogP contribution < -0.4 is 5.32 Å². The van der Waals surface area contributed by atoms with Crippen LogP contribution in [0.15, 0.2) is 77.2 Å². The van der Waals surface area contributed by atoms with Crippen molar-refractivity contribution in [1.82, 2.24) is 9.78 Å². The second-order valence-corrected chi connectivity index (χ2v) is 6.75. The molecule has 0 saturated heterocycles. The highest BCUT2D eigenvalue weighted by Gasteiger charge is 2.13. The van der Waals surface area contributed by atoms with Crippen LogP contribution in [0.1, 0.15) is 27.7 Å². The minimum atomic E-state index is -0.271. The van der Waals surface area contributed by atoms with Crippen LogP contribution in [0.3, 0.4) is 0 Å². The summed E-state index contributed by atoms with van der Waals surface area (Å²) in [6.07, 6.45) is 0. The molecule has 140 valence electrons. The van der Waals surface area contributed by atoms with Crippen molar-refractivity contribution < 1.29 is 9.21 Å². The van der Waals surface area contributed by atoms with E-state index in [0.29, 0.717) is 12.3 Å². The number of nitrogens with zero attached hydrogens (tertiary/aromatic N) is 2. The largest absolute Gasteiger partial charge is 0.454 e. The van der Waals surface area contributed by atoms with Gasteiger partial charge in [0.15, 0.2) is 5.76 Å². The summed E-state index contributed by atoms with van der Waals surface area (Å²) in [5.41, 5.74) is 4.98. The van der Waals surface area contributed by atoms with Crippen molar-refractivity contribution >= 4 is 11.6 Å². The number of amides is 1. The predicted octanol–water partition coefficient (Wildman–Crippen LogP) is 5.06. The SMILES string of the molecule is Cc1cc(C)n(Cc2ccc(C(=O)Nc3ccc(-c4ccccc4)cc3)o2)n1. The van der Waals surface area contributed by atoms with Crippen molar-refractivity contribution in [3.05, 3.63) is 95.7 Å². The third kappa shape index (κ3) is 3.88. The average Bonchev–Trinajstić information content (AvgIpc) is 3.29. The van der Waals surface area contributed by atoms with E-state index in [1.807, 2.05) is 73.1 Å². The first-order valence-corrected chi connectivity index (χ1v) is 9.15. The Hall–Kier alpha value is -3.60. The minimum absolute atomic E-state index is 0.271. The van der Waals surface area contributed by atoms with Gasteiger partial charge in [-0.1, -0.05) is 42.5 Å². The predicted molar refractivity (Wildman–Crippen MR) is 109 cm³/mol. The van der Waals surface area contributed by atoms with Gasteiger partial charge in [-0.25, -0.2) is 0 Å². The van der Waals surface area contributed by atoms with E-state index in [1.165, 1.54) is 0 Å². The smallest absolute Gasteiger partial charge is 0.291 e. The number of anilines is 1. The summed E-state index contributed by atoms with van der Waals surface area (Å²) in [5.74, 6) is 0.700. The summed E-state index contributed by atoms with van der Waals surface area (Å²) in [6, 6.07) is 23.4. The Morgan fingerprint density at radius 3 is 2.36 bits per heavy atom. The number of rotatable bonds is 5. The van der Waals surface area contributed by atoms with E-state index in [0.717, 1.165) is 28.2 Å². The standard InChI is InChI=1S/C23H21N3O2/c1-16-14-17(2)26(25-16)15-21-12-13-22(28-21)23(27)24-20-10-8-19(9-11-20)18-6-4-3-5-7-18/h3-14H,15H2,1-2H3,(H,24,27). The molecule has 0 radical (unpaired) electrons. The fourth-order valence-corrected chi connectivity index (χ4v) is 3.14. The number of benzene rings is 2. The maximum Gasteiger partial charge on any atom is 0.291 e. The van der Waals surface area contributed by atoms with Crippen LogP contribution in [0, 0.1) is 13.8 Å². The van der Waals surface area contributed by atoms with E-state index in [2.05, 4.69) is 22.5 Å². The van der Waals surface area contributed by atoms with E-state index in [1.54, 1.807) is 6.07 Å². The third-order valence-electron chi connectivity index (χ3n) is 4.54. The number of carbonyl (C=O) groups excluding carboxylic acids is 1. The average molecular weight is 371 g/mol. The summed E-state index contributed by atoms with van der Waals surface area (Å²) < 4.78 is 7.57. The monoisotopic (exact) mass is 371 g/mol. The van der Waals surface area contributed by atoms with Crippen LogP contribution >= 0.6 is 0 Å². The number of nitrogens with one attached hydrogen (secondary N) is 1. The molecular formula is C23H21N3O2. The molecule has 2 heterocycles. The van der Waals surface area contributed by atoms with Crippen molar-refractivity contribution in [3.8, 4) is 11.1 Å². The van der Waals surface area contributed by atoms with Gasteiger partial charge in [0.2, 0.25) is 0 Å². The zero-order valence-electron chi connectivity index (χ0n) is 15.8. The highest BCUT2D eigenvalue weighted by molar-refractivity contribution is 6.02. The molecule has 5 nitrogen and oxygen atoms in total. The molecule has 4 rings (SSSR count). The number of aryl methyl sites for hydroxylation is 2. The number of furan rings is 1. The lowest BCUT2D eigenvalue weighted by Gasteiger charge is -2.06. The molecule has 28 heavy (non-hydrogen) atoms. The van der Waals surface area contributed by atoms with Gasteiger partial charge in [0.05, 0.1) is 12.2 Å². The summed E-state index contributed by atoms with van der Waals surface area (Å²) >= 11 is 0. The van der Waals surface area contributed by atoms with Crippen LogP contribution in [0.25, 0.3) is 11.1 Å².